The second kappa shape index (κ2) is 8.61. The van der Waals surface area contributed by atoms with Crippen LogP contribution in [0.4, 0.5) is 5.69 Å². The summed E-state index contributed by atoms with van der Waals surface area (Å²) in [6.45, 7) is 1.86. The first-order valence-electron chi connectivity index (χ1n) is 9.07. The third kappa shape index (κ3) is 4.06. The van der Waals surface area contributed by atoms with Crippen molar-refractivity contribution >= 4 is 40.6 Å². The van der Waals surface area contributed by atoms with Crippen LogP contribution in [-0.2, 0) is 15.2 Å². The third-order valence-corrected chi connectivity index (χ3v) is 5.34. The van der Waals surface area contributed by atoms with Crippen molar-refractivity contribution in [1.82, 2.24) is 0 Å². The minimum absolute atomic E-state index is 0.178. The van der Waals surface area contributed by atoms with E-state index < -0.39 is 11.5 Å². The number of benzene rings is 2. The molecule has 1 atom stereocenters. The van der Waals surface area contributed by atoms with Crippen molar-refractivity contribution in [2.24, 2.45) is 0 Å². The lowest BCUT2D eigenvalue weighted by molar-refractivity contribution is -0.141. The number of methoxy groups -OCH3 is 1. The Hall–Kier alpha value is -2.28. The van der Waals surface area contributed by atoms with Crippen LogP contribution in [-0.4, -0.2) is 37.1 Å². The van der Waals surface area contributed by atoms with E-state index in [0.29, 0.717) is 30.2 Å². The van der Waals surface area contributed by atoms with E-state index in [2.05, 4.69) is 0 Å². The molecular formula is C21H21Cl2NO5. The molecule has 1 amide bonds. The molecule has 2 aromatic carbocycles. The highest BCUT2D eigenvalue weighted by molar-refractivity contribution is 6.38. The zero-order chi connectivity index (χ0) is 21.2. The molecule has 0 aliphatic carbocycles. The predicted molar refractivity (Wildman–Crippen MR) is 111 cm³/mol. The van der Waals surface area contributed by atoms with Gasteiger partial charge >= 0.3 is 0 Å². The fourth-order valence-electron chi connectivity index (χ4n) is 3.51. The average molecular weight is 438 g/mol. The van der Waals surface area contributed by atoms with Gasteiger partial charge in [0.25, 0.3) is 5.91 Å². The van der Waals surface area contributed by atoms with Crippen molar-refractivity contribution in [1.29, 1.82) is 0 Å². The Balaban J connectivity index is 1.79. The fourth-order valence-corrected chi connectivity index (χ4v) is 4.08. The number of carbonyl (C=O) groups is 2. The Bertz CT molecular complexity index is 949. The van der Waals surface area contributed by atoms with Crippen LogP contribution in [0.5, 0.6) is 11.5 Å². The Morgan fingerprint density at radius 2 is 1.79 bits per heavy atom. The van der Waals surface area contributed by atoms with Gasteiger partial charge in [-0.2, -0.15) is 0 Å². The summed E-state index contributed by atoms with van der Waals surface area (Å²) >= 11 is 12.6. The van der Waals surface area contributed by atoms with Crippen LogP contribution in [0.3, 0.4) is 0 Å². The Morgan fingerprint density at radius 3 is 2.45 bits per heavy atom. The van der Waals surface area contributed by atoms with Gasteiger partial charge in [0.1, 0.15) is 5.78 Å². The van der Waals surface area contributed by atoms with Crippen LogP contribution in [0.25, 0.3) is 0 Å². The molecule has 0 spiro atoms. The second-order valence-electron chi connectivity index (χ2n) is 6.80. The summed E-state index contributed by atoms with van der Waals surface area (Å²) in [5.41, 5.74) is -1.50. The molecule has 6 nitrogen and oxygen atoms in total. The number of hydrogen-bond donors (Lipinski definition) is 1. The van der Waals surface area contributed by atoms with Crippen molar-refractivity contribution in [2.45, 2.75) is 25.4 Å². The van der Waals surface area contributed by atoms with Crippen molar-refractivity contribution in [3.05, 3.63) is 52.0 Å². The SMILES string of the molecule is COc1ccccc1OCCCN1C(=O)C(O)(CC(C)=O)c2c(Cl)ccc(Cl)c21. The lowest BCUT2D eigenvalue weighted by Gasteiger charge is -2.22. The highest BCUT2D eigenvalue weighted by Crippen LogP contribution is 2.49. The van der Waals surface area contributed by atoms with Gasteiger partial charge in [-0.15, -0.1) is 0 Å². The first kappa shape index (κ1) is 21.4. The largest absolute Gasteiger partial charge is 0.493 e. The van der Waals surface area contributed by atoms with Gasteiger partial charge in [-0.05, 0) is 37.6 Å². The number of aliphatic hydroxyl groups is 1. The van der Waals surface area contributed by atoms with Crippen LogP contribution >= 0.6 is 23.2 Å². The highest BCUT2D eigenvalue weighted by Gasteiger charge is 2.52. The molecule has 1 aliphatic rings. The van der Waals surface area contributed by atoms with E-state index in [-0.39, 0.29) is 34.4 Å². The van der Waals surface area contributed by atoms with Crippen LogP contribution in [0.2, 0.25) is 10.0 Å². The van der Waals surface area contributed by atoms with Gasteiger partial charge < -0.3 is 19.5 Å². The maximum Gasteiger partial charge on any atom is 0.264 e. The molecule has 29 heavy (non-hydrogen) atoms. The first-order chi connectivity index (χ1) is 13.8. The molecule has 3 rings (SSSR count). The first-order valence-corrected chi connectivity index (χ1v) is 9.83. The highest BCUT2D eigenvalue weighted by atomic mass is 35.5. The quantitative estimate of drug-likeness (QED) is 0.631. The number of para-hydroxylation sites is 2. The molecule has 0 bridgehead atoms. The average Bonchev–Trinajstić information content (AvgIpc) is 2.90. The Kier molecular flexibility index (Phi) is 6.36. The van der Waals surface area contributed by atoms with E-state index in [4.69, 9.17) is 32.7 Å². The molecule has 0 saturated carbocycles. The number of halogens is 2. The van der Waals surface area contributed by atoms with E-state index in [1.165, 1.54) is 17.9 Å². The van der Waals surface area contributed by atoms with E-state index >= 15 is 0 Å². The smallest absolute Gasteiger partial charge is 0.264 e. The molecular weight excluding hydrogens is 417 g/mol. The van der Waals surface area contributed by atoms with E-state index in [1.807, 2.05) is 12.1 Å². The van der Waals surface area contributed by atoms with Crippen molar-refractivity contribution in [2.75, 3.05) is 25.2 Å². The lowest BCUT2D eigenvalue weighted by atomic mass is 9.90. The third-order valence-electron chi connectivity index (χ3n) is 4.72. The zero-order valence-electron chi connectivity index (χ0n) is 16.1. The number of fused-ring (bicyclic) bond motifs is 1. The normalized spacial score (nSPS) is 18.0. The Labute approximate surface area is 178 Å². The maximum atomic E-state index is 13.0. The molecule has 1 aliphatic heterocycles. The van der Waals surface area contributed by atoms with Crippen molar-refractivity contribution in [3.8, 4) is 11.5 Å². The molecule has 8 heteroatoms. The minimum Gasteiger partial charge on any atom is -0.493 e. The van der Waals surface area contributed by atoms with Crippen LogP contribution < -0.4 is 14.4 Å². The summed E-state index contributed by atoms with van der Waals surface area (Å²) < 4.78 is 11.0. The minimum atomic E-state index is -2.02. The van der Waals surface area contributed by atoms with Crippen LogP contribution in [0.1, 0.15) is 25.3 Å². The monoisotopic (exact) mass is 437 g/mol. The number of amides is 1. The number of ketones is 1. The zero-order valence-corrected chi connectivity index (χ0v) is 17.6. The van der Waals surface area contributed by atoms with E-state index in [9.17, 15) is 14.7 Å². The fraction of sp³-hybridized carbons (Fsp3) is 0.333. The number of hydrogen-bond acceptors (Lipinski definition) is 5. The molecule has 0 aromatic heterocycles. The number of Topliss-reactive ketones (excluding diaryl/α,β-unsaturated/α-hetero) is 1. The van der Waals surface area contributed by atoms with E-state index in [1.54, 1.807) is 25.3 Å². The maximum absolute atomic E-state index is 13.0. The standard InChI is InChI=1S/C21H21Cl2NO5/c1-13(25)12-21(27)18-14(22)8-9-15(23)19(18)24(20(21)26)10-5-11-29-17-7-4-3-6-16(17)28-2/h3-4,6-9,27H,5,10-12H2,1-2H3. The van der Waals surface area contributed by atoms with Gasteiger partial charge in [-0.25, -0.2) is 0 Å². The molecule has 1 heterocycles. The van der Waals surface area contributed by atoms with Gasteiger partial charge in [0.15, 0.2) is 17.1 Å². The summed E-state index contributed by atoms with van der Waals surface area (Å²) in [4.78, 5) is 26.1. The second-order valence-corrected chi connectivity index (χ2v) is 7.62. The van der Waals surface area contributed by atoms with Gasteiger partial charge in [-0.3, -0.25) is 9.59 Å². The summed E-state index contributed by atoms with van der Waals surface area (Å²) in [6.07, 6.45) is 0.0926. The van der Waals surface area contributed by atoms with Crippen LogP contribution in [0, 0.1) is 0 Å². The Morgan fingerprint density at radius 1 is 1.14 bits per heavy atom. The molecule has 1 unspecified atom stereocenters. The van der Waals surface area contributed by atoms with Gasteiger partial charge in [-0.1, -0.05) is 35.3 Å². The lowest BCUT2D eigenvalue weighted by Crippen LogP contribution is -2.42. The molecule has 1 N–H and O–H groups in total. The van der Waals surface area contributed by atoms with Gasteiger partial charge in [0, 0.05) is 23.6 Å². The number of carbonyl (C=O) groups excluding carboxylic acids is 2. The molecule has 0 fully saturated rings. The summed E-state index contributed by atoms with van der Waals surface area (Å²) in [5.74, 6) is 0.261. The molecule has 154 valence electrons. The van der Waals surface area contributed by atoms with Crippen molar-refractivity contribution in [3.63, 3.8) is 0 Å². The summed E-state index contributed by atoms with van der Waals surface area (Å²) in [7, 11) is 1.56. The van der Waals surface area contributed by atoms with Gasteiger partial charge in [0.05, 0.1) is 24.4 Å². The molecule has 2 aromatic rings. The number of nitrogens with zero attached hydrogens (tertiary/aromatic N) is 1. The predicted octanol–water partition coefficient (Wildman–Crippen LogP) is 3.98. The summed E-state index contributed by atoms with van der Waals surface area (Å²) in [6, 6.07) is 10.3. The number of anilines is 1. The van der Waals surface area contributed by atoms with Crippen molar-refractivity contribution < 1.29 is 24.2 Å². The molecule has 0 radical (unpaired) electrons. The number of rotatable bonds is 8. The topological polar surface area (TPSA) is 76.1 Å². The van der Waals surface area contributed by atoms with E-state index in [0.717, 1.165) is 0 Å². The van der Waals surface area contributed by atoms with Gasteiger partial charge in [0.2, 0.25) is 0 Å². The molecule has 0 saturated heterocycles. The number of ether oxygens (including phenoxy) is 2. The summed E-state index contributed by atoms with van der Waals surface area (Å²) in [5, 5.41) is 11.5. The van der Waals surface area contributed by atoms with Crippen LogP contribution in [0.15, 0.2) is 36.4 Å².